The highest BCUT2D eigenvalue weighted by molar-refractivity contribution is 8.03. The second kappa shape index (κ2) is 9.77. The minimum Gasteiger partial charge on any atom is -0.458 e. The second-order valence-corrected chi connectivity index (χ2v) is 4.91. The van der Waals surface area contributed by atoms with Crippen molar-refractivity contribution in [3.05, 3.63) is 47.9 Å². The number of rotatable bonds is 8. The highest BCUT2D eigenvalue weighted by Crippen LogP contribution is 2.20. The van der Waals surface area contributed by atoms with E-state index in [0.29, 0.717) is 5.57 Å². The van der Waals surface area contributed by atoms with Crippen LogP contribution in [0.4, 0.5) is 0 Å². The van der Waals surface area contributed by atoms with E-state index in [-0.39, 0.29) is 12.1 Å². The number of ether oxygens (including phenoxy) is 1. The van der Waals surface area contributed by atoms with Crippen LogP contribution in [-0.2, 0) is 9.53 Å². The van der Waals surface area contributed by atoms with Crippen LogP contribution in [0.5, 0.6) is 0 Å². The van der Waals surface area contributed by atoms with Crippen LogP contribution in [0.3, 0.4) is 0 Å². The summed E-state index contributed by atoms with van der Waals surface area (Å²) in [5.74, 6) is 0.433. The van der Waals surface area contributed by atoms with Gasteiger partial charge in [-0.25, -0.2) is 4.79 Å². The molecule has 0 aromatic carbocycles. The summed E-state index contributed by atoms with van der Waals surface area (Å²) in [7, 11) is 0. The monoisotopic (exact) mass is 266 g/mol. The summed E-state index contributed by atoms with van der Waals surface area (Å²) in [5, 5.41) is 0. The first kappa shape index (κ1) is 16.8. The van der Waals surface area contributed by atoms with Gasteiger partial charge in [0.25, 0.3) is 0 Å². The van der Waals surface area contributed by atoms with E-state index in [1.54, 1.807) is 24.8 Å². The van der Waals surface area contributed by atoms with Gasteiger partial charge in [0.1, 0.15) is 6.10 Å². The Morgan fingerprint density at radius 1 is 1.50 bits per heavy atom. The summed E-state index contributed by atoms with van der Waals surface area (Å²) in [6.45, 7) is 12.9. The Labute approximate surface area is 114 Å². The van der Waals surface area contributed by atoms with Crippen LogP contribution >= 0.6 is 11.8 Å². The van der Waals surface area contributed by atoms with Crippen molar-refractivity contribution in [2.75, 3.05) is 5.75 Å². The molecule has 0 radical (unpaired) electrons. The predicted octanol–water partition coefficient (Wildman–Crippen LogP) is 4.26. The molecule has 100 valence electrons. The quantitative estimate of drug-likeness (QED) is 0.373. The molecule has 0 N–H and O–H groups in total. The third-order valence-electron chi connectivity index (χ3n) is 2.19. The molecule has 0 aromatic rings. The normalized spacial score (nSPS) is 13.4. The number of hydrogen-bond donors (Lipinski definition) is 0. The van der Waals surface area contributed by atoms with Gasteiger partial charge in [-0.15, -0.1) is 11.8 Å². The Hall–Kier alpha value is -1.22. The summed E-state index contributed by atoms with van der Waals surface area (Å²) in [6.07, 6.45) is 8.37. The SMILES string of the molecule is C=C/C=C\C(=C/C)SCC(CC)OC(=O)C(=C)C. The molecular weight excluding hydrogens is 244 g/mol. The molecule has 18 heavy (non-hydrogen) atoms. The number of carbonyl (C=O) groups excluding carboxylic acids is 1. The fourth-order valence-electron chi connectivity index (χ4n) is 1.07. The molecule has 0 aliphatic heterocycles. The van der Waals surface area contributed by atoms with Gasteiger partial charge < -0.3 is 4.74 Å². The Bertz CT molecular complexity index is 354. The van der Waals surface area contributed by atoms with E-state index in [1.165, 1.54) is 0 Å². The van der Waals surface area contributed by atoms with E-state index in [4.69, 9.17) is 4.74 Å². The van der Waals surface area contributed by atoms with Crippen LogP contribution < -0.4 is 0 Å². The number of thioether (sulfide) groups is 1. The average Bonchev–Trinajstić information content (AvgIpc) is 2.36. The van der Waals surface area contributed by atoms with Gasteiger partial charge in [0.15, 0.2) is 0 Å². The van der Waals surface area contributed by atoms with Crippen molar-refractivity contribution >= 4 is 17.7 Å². The van der Waals surface area contributed by atoms with Crippen LogP contribution in [0.25, 0.3) is 0 Å². The van der Waals surface area contributed by atoms with E-state index in [2.05, 4.69) is 13.2 Å². The zero-order valence-corrected chi connectivity index (χ0v) is 12.3. The Morgan fingerprint density at radius 2 is 2.17 bits per heavy atom. The summed E-state index contributed by atoms with van der Waals surface area (Å²) in [6, 6.07) is 0. The molecule has 0 amide bonds. The van der Waals surface area contributed by atoms with Gasteiger partial charge in [-0.05, 0) is 26.3 Å². The maximum Gasteiger partial charge on any atom is 0.333 e. The molecule has 0 rings (SSSR count). The summed E-state index contributed by atoms with van der Waals surface area (Å²) < 4.78 is 5.33. The van der Waals surface area contributed by atoms with E-state index in [0.717, 1.165) is 17.1 Å². The first-order valence-electron chi connectivity index (χ1n) is 5.99. The zero-order valence-electron chi connectivity index (χ0n) is 11.4. The maximum atomic E-state index is 11.4. The lowest BCUT2D eigenvalue weighted by molar-refractivity contribution is -0.143. The summed E-state index contributed by atoms with van der Waals surface area (Å²) >= 11 is 1.67. The lowest BCUT2D eigenvalue weighted by atomic mass is 10.3. The lowest BCUT2D eigenvalue weighted by Gasteiger charge is -2.16. The number of carbonyl (C=O) groups is 1. The summed E-state index contributed by atoms with van der Waals surface area (Å²) in [5.41, 5.74) is 0.441. The topological polar surface area (TPSA) is 26.3 Å². The van der Waals surface area contributed by atoms with Gasteiger partial charge in [0.2, 0.25) is 0 Å². The van der Waals surface area contributed by atoms with Gasteiger partial charge in [-0.2, -0.15) is 0 Å². The number of allylic oxidation sites excluding steroid dienone is 4. The van der Waals surface area contributed by atoms with Gasteiger partial charge >= 0.3 is 5.97 Å². The van der Waals surface area contributed by atoms with E-state index >= 15 is 0 Å². The standard InChI is InChI=1S/C15H22O2S/c1-6-9-10-14(8-3)18-11-13(7-2)17-15(16)12(4)5/h6,8-10,13H,1,4,7,11H2,2-3,5H3/b10-9-,14-8+. The third kappa shape index (κ3) is 7.17. The molecule has 0 saturated heterocycles. The maximum absolute atomic E-state index is 11.4. The van der Waals surface area contributed by atoms with Crippen LogP contribution in [0.15, 0.2) is 47.9 Å². The van der Waals surface area contributed by atoms with Crippen molar-refractivity contribution in [3.8, 4) is 0 Å². The van der Waals surface area contributed by atoms with Crippen LogP contribution in [0, 0.1) is 0 Å². The van der Waals surface area contributed by atoms with E-state index < -0.39 is 0 Å². The van der Waals surface area contributed by atoms with Crippen molar-refractivity contribution in [1.82, 2.24) is 0 Å². The minimum atomic E-state index is -0.314. The third-order valence-corrected chi connectivity index (χ3v) is 3.44. The fourth-order valence-corrected chi connectivity index (χ4v) is 2.09. The van der Waals surface area contributed by atoms with Crippen molar-refractivity contribution in [2.24, 2.45) is 0 Å². The molecule has 0 aliphatic rings. The second-order valence-electron chi connectivity index (χ2n) is 3.81. The molecule has 0 fully saturated rings. The first-order chi connectivity index (χ1) is 8.54. The van der Waals surface area contributed by atoms with Crippen LogP contribution in [0.2, 0.25) is 0 Å². The van der Waals surface area contributed by atoms with Gasteiger partial charge in [0.05, 0.1) is 0 Å². The molecule has 1 atom stereocenters. The molecule has 0 aliphatic carbocycles. The smallest absolute Gasteiger partial charge is 0.333 e. The highest BCUT2D eigenvalue weighted by atomic mass is 32.2. The molecule has 0 bridgehead atoms. The van der Waals surface area contributed by atoms with Crippen molar-refractivity contribution < 1.29 is 9.53 Å². The van der Waals surface area contributed by atoms with Crippen LogP contribution in [0.1, 0.15) is 27.2 Å². The van der Waals surface area contributed by atoms with Crippen molar-refractivity contribution in [3.63, 3.8) is 0 Å². The molecule has 3 heteroatoms. The van der Waals surface area contributed by atoms with Gasteiger partial charge in [0, 0.05) is 16.2 Å². The molecule has 1 unspecified atom stereocenters. The van der Waals surface area contributed by atoms with Crippen LogP contribution in [-0.4, -0.2) is 17.8 Å². The Kier molecular flexibility index (Phi) is 9.11. The average molecular weight is 266 g/mol. The van der Waals surface area contributed by atoms with Crippen molar-refractivity contribution in [2.45, 2.75) is 33.3 Å². The molecule has 0 spiro atoms. The van der Waals surface area contributed by atoms with E-state index in [9.17, 15) is 4.79 Å². The van der Waals surface area contributed by atoms with Crippen molar-refractivity contribution in [1.29, 1.82) is 0 Å². The molecule has 0 saturated carbocycles. The number of esters is 1. The van der Waals surface area contributed by atoms with E-state index in [1.807, 2.05) is 32.1 Å². The molecule has 0 aromatic heterocycles. The first-order valence-corrected chi connectivity index (χ1v) is 6.98. The fraction of sp³-hybridized carbons (Fsp3) is 0.400. The van der Waals surface area contributed by atoms with Gasteiger partial charge in [-0.3, -0.25) is 0 Å². The predicted molar refractivity (Wildman–Crippen MR) is 80.5 cm³/mol. The Balaban J connectivity index is 4.29. The molecular formula is C15H22O2S. The molecule has 2 nitrogen and oxygen atoms in total. The zero-order chi connectivity index (χ0) is 14.0. The lowest BCUT2D eigenvalue weighted by Crippen LogP contribution is -2.20. The Morgan fingerprint density at radius 3 is 2.61 bits per heavy atom. The van der Waals surface area contributed by atoms with Gasteiger partial charge in [-0.1, -0.05) is 38.3 Å². The summed E-state index contributed by atoms with van der Waals surface area (Å²) in [4.78, 5) is 12.6. The number of hydrogen-bond acceptors (Lipinski definition) is 3. The molecule has 0 heterocycles. The minimum absolute atomic E-state index is 0.0775. The highest BCUT2D eigenvalue weighted by Gasteiger charge is 2.13. The largest absolute Gasteiger partial charge is 0.458 e.